The van der Waals surface area contributed by atoms with Gasteiger partial charge in [0.2, 0.25) is 0 Å². The minimum absolute atomic E-state index is 0. The summed E-state index contributed by atoms with van der Waals surface area (Å²) in [5.74, 6) is 4.00. The number of benzene rings is 1. The van der Waals surface area contributed by atoms with E-state index < -0.39 is 0 Å². The predicted molar refractivity (Wildman–Crippen MR) is 134 cm³/mol. The zero-order valence-electron chi connectivity index (χ0n) is 18.6. The molecule has 0 spiro atoms. The van der Waals surface area contributed by atoms with Crippen LogP contribution in [0.5, 0.6) is 17.2 Å². The Hall–Kier alpha value is -2.43. The van der Waals surface area contributed by atoms with E-state index in [-0.39, 0.29) is 24.0 Å². The lowest BCUT2D eigenvalue weighted by molar-refractivity contribution is 0.365. The average molecular weight is 541 g/mol. The maximum Gasteiger partial charge on any atom is 0.194 e. The van der Waals surface area contributed by atoms with E-state index in [9.17, 15) is 0 Å². The van der Waals surface area contributed by atoms with Crippen molar-refractivity contribution in [2.45, 2.75) is 13.5 Å². The third-order valence-electron chi connectivity index (χ3n) is 5.09. The summed E-state index contributed by atoms with van der Waals surface area (Å²) in [5.41, 5.74) is 0.892. The fraction of sp³-hybridized carbons (Fsp3) is 0.455. The number of methoxy groups -OCH3 is 3. The first-order valence-electron chi connectivity index (χ1n) is 10.2. The second kappa shape index (κ2) is 12.4. The van der Waals surface area contributed by atoms with E-state index in [1.165, 1.54) is 0 Å². The van der Waals surface area contributed by atoms with Crippen molar-refractivity contribution >= 4 is 35.8 Å². The van der Waals surface area contributed by atoms with Gasteiger partial charge >= 0.3 is 0 Å². The van der Waals surface area contributed by atoms with Crippen molar-refractivity contribution in [1.29, 1.82) is 0 Å². The Kier molecular flexibility index (Phi) is 9.96. The SMILES string of the molecule is CCNC(=NCc1c(OC)cc(OC)cc1OC)N1CCN(c2ccccn2)CC1.I. The van der Waals surface area contributed by atoms with Crippen LogP contribution in [0, 0.1) is 0 Å². The average Bonchev–Trinajstić information content (AvgIpc) is 2.82. The van der Waals surface area contributed by atoms with Gasteiger partial charge in [-0.05, 0) is 19.1 Å². The molecule has 1 saturated heterocycles. The molecule has 0 amide bonds. The molecule has 0 bridgehead atoms. The summed E-state index contributed by atoms with van der Waals surface area (Å²) >= 11 is 0. The van der Waals surface area contributed by atoms with E-state index in [4.69, 9.17) is 19.2 Å². The van der Waals surface area contributed by atoms with Crippen LogP contribution in [0.1, 0.15) is 12.5 Å². The van der Waals surface area contributed by atoms with Crippen LogP contribution in [0.25, 0.3) is 0 Å². The number of rotatable bonds is 7. The standard InChI is InChI=1S/C22H31N5O3.HI/c1-5-23-22(27-12-10-26(11-13-27)21-8-6-7-9-24-21)25-16-18-19(29-3)14-17(28-2)15-20(18)30-4;/h6-9,14-15H,5,10-13,16H2,1-4H3,(H,23,25);1H. The van der Waals surface area contributed by atoms with E-state index >= 15 is 0 Å². The normalized spacial score (nSPS) is 14.0. The molecule has 3 rings (SSSR count). The first kappa shape index (κ1) is 24.8. The molecule has 0 aliphatic carbocycles. The lowest BCUT2D eigenvalue weighted by Gasteiger charge is -2.37. The van der Waals surface area contributed by atoms with Gasteiger partial charge in [0.15, 0.2) is 5.96 Å². The van der Waals surface area contributed by atoms with E-state index in [0.717, 1.165) is 50.1 Å². The van der Waals surface area contributed by atoms with Gasteiger partial charge in [0.25, 0.3) is 0 Å². The summed E-state index contributed by atoms with van der Waals surface area (Å²) in [6.07, 6.45) is 1.84. The van der Waals surface area contributed by atoms with Crippen molar-refractivity contribution in [2.75, 3.05) is 59.0 Å². The highest BCUT2D eigenvalue weighted by molar-refractivity contribution is 14.0. The number of pyridine rings is 1. The molecule has 1 fully saturated rings. The minimum Gasteiger partial charge on any atom is -0.496 e. The van der Waals surface area contributed by atoms with Crippen LogP contribution in [-0.2, 0) is 6.54 Å². The van der Waals surface area contributed by atoms with E-state index in [1.54, 1.807) is 21.3 Å². The highest BCUT2D eigenvalue weighted by Crippen LogP contribution is 2.34. The maximum atomic E-state index is 5.55. The summed E-state index contributed by atoms with van der Waals surface area (Å²) in [7, 11) is 4.91. The number of ether oxygens (including phenoxy) is 3. The van der Waals surface area contributed by atoms with Gasteiger partial charge in [-0.3, -0.25) is 0 Å². The van der Waals surface area contributed by atoms with E-state index in [2.05, 4.69) is 33.1 Å². The first-order chi connectivity index (χ1) is 14.7. The minimum atomic E-state index is 0. The molecule has 8 nitrogen and oxygen atoms in total. The Morgan fingerprint density at radius 1 is 1.03 bits per heavy atom. The van der Waals surface area contributed by atoms with Gasteiger partial charge < -0.3 is 29.3 Å². The van der Waals surface area contributed by atoms with Crippen LogP contribution in [-0.4, -0.2) is 69.9 Å². The Morgan fingerprint density at radius 3 is 2.23 bits per heavy atom. The number of piperazine rings is 1. The summed E-state index contributed by atoms with van der Waals surface area (Å²) in [4.78, 5) is 13.9. The molecular weight excluding hydrogens is 509 g/mol. The fourth-order valence-corrected chi connectivity index (χ4v) is 3.50. The Balaban J connectivity index is 0.00000341. The highest BCUT2D eigenvalue weighted by atomic mass is 127. The van der Waals surface area contributed by atoms with Crippen LogP contribution >= 0.6 is 24.0 Å². The molecule has 0 atom stereocenters. The molecule has 1 aromatic carbocycles. The molecule has 2 heterocycles. The van der Waals surface area contributed by atoms with Crippen LogP contribution in [0.2, 0.25) is 0 Å². The van der Waals surface area contributed by atoms with Gasteiger partial charge in [0, 0.05) is 51.1 Å². The summed E-state index contributed by atoms with van der Waals surface area (Å²) < 4.78 is 16.4. The van der Waals surface area contributed by atoms with Crippen molar-refractivity contribution in [3.63, 3.8) is 0 Å². The summed E-state index contributed by atoms with van der Waals surface area (Å²) in [6.45, 7) is 6.87. The van der Waals surface area contributed by atoms with Crippen molar-refractivity contribution in [2.24, 2.45) is 4.99 Å². The first-order valence-corrected chi connectivity index (χ1v) is 10.2. The number of guanidine groups is 1. The number of halogens is 1. The molecule has 1 N–H and O–H groups in total. The molecule has 170 valence electrons. The van der Waals surface area contributed by atoms with E-state index in [0.29, 0.717) is 23.8 Å². The second-order valence-electron chi connectivity index (χ2n) is 6.84. The van der Waals surface area contributed by atoms with Crippen LogP contribution in [0.15, 0.2) is 41.5 Å². The van der Waals surface area contributed by atoms with Crippen molar-refractivity contribution in [3.8, 4) is 17.2 Å². The van der Waals surface area contributed by atoms with Crippen molar-refractivity contribution in [3.05, 3.63) is 42.1 Å². The van der Waals surface area contributed by atoms with Crippen LogP contribution < -0.4 is 24.4 Å². The molecule has 2 aromatic rings. The van der Waals surface area contributed by atoms with Crippen LogP contribution in [0.4, 0.5) is 5.82 Å². The fourth-order valence-electron chi connectivity index (χ4n) is 3.50. The van der Waals surface area contributed by atoms with Crippen LogP contribution in [0.3, 0.4) is 0 Å². The predicted octanol–water partition coefficient (Wildman–Crippen LogP) is 3.01. The Bertz CT molecular complexity index is 817. The Morgan fingerprint density at radius 2 is 1.71 bits per heavy atom. The largest absolute Gasteiger partial charge is 0.496 e. The number of hydrogen-bond acceptors (Lipinski definition) is 6. The van der Waals surface area contributed by atoms with Gasteiger partial charge in [0.05, 0.1) is 33.4 Å². The third kappa shape index (κ3) is 6.28. The number of hydrogen-bond donors (Lipinski definition) is 1. The third-order valence-corrected chi connectivity index (χ3v) is 5.09. The highest BCUT2D eigenvalue weighted by Gasteiger charge is 2.21. The number of aromatic nitrogens is 1. The topological polar surface area (TPSA) is 71.5 Å². The molecule has 0 radical (unpaired) electrons. The van der Waals surface area contributed by atoms with Gasteiger partial charge in [0.1, 0.15) is 23.1 Å². The lowest BCUT2D eigenvalue weighted by atomic mass is 10.1. The van der Waals surface area contributed by atoms with Gasteiger partial charge in [-0.25, -0.2) is 9.98 Å². The molecule has 0 unspecified atom stereocenters. The summed E-state index contributed by atoms with van der Waals surface area (Å²) in [5, 5.41) is 3.41. The lowest BCUT2D eigenvalue weighted by Crippen LogP contribution is -2.52. The van der Waals surface area contributed by atoms with Crippen molar-refractivity contribution in [1.82, 2.24) is 15.2 Å². The molecule has 9 heteroatoms. The number of anilines is 1. The monoisotopic (exact) mass is 541 g/mol. The zero-order valence-corrected chi connectivity index (χ0v) is 21.0. The second-order valence-corrected chi connectivity index (χ2v) is 6.84. The molecule has 1 aliphatic rings. The molecule has 1 aromatic heterocycles. The molecule has 1 aliphatic heterocycles. The molecule has 31 heavy (non-hydrogen) atoms. The smallest absolute Gasteiger partial charge is 0.194 e. The van der Waals surface area contributed by atoms with Gasteiger partial charge in [-0.2, -0.15) is 0 Å². The maximum absolute atomic E-state index is 5.55. The number of aliphatic imine (C=N–C) groups is 1. The van der Waals surface area contributed by atoms with Gasteiger partial charge in [-0.1, -0.05) is 6.07 Å². The zero-order chi connectivity index (χ0) is 21.3. The van der Waals surface area contributed by atoms with Gasteiger partial charge in [-0.15, -0.1) is 24.0 Å². The van der Waals surface area contributed by atoms with Crippen molar-refractivity contribution < 1.29 is 14.2 Å². The summed E-state index contributed by atoms with van der Waals surface area (Å²) in [6, 6.07) is 9.72. The Labute approximate surface area is 201 Å². The molecular formula is C22H32IN5O3. The molecule has 0 saturated carbocycles. The quantitative estimate of drug-likeness (QED) is 0.329. The number of nitrogens with zero attached hydrogens (tertiary/aromatic N) is 4. The van der Waals surface area contributed by atoms with E-state index in [1.807, 2.05) is 30.5 Å². The number of nitrogens with one attached hydrogen (secondary N) is 1.